The van der Waals surface area contributed by atoms with Crippen molar-refractivity contribution in [2.45, 2.75) is 51.8 Å². The Morgan fingerprint density at radius 3 is 2.41 bits per heavy atom. The minimum absolute atomic E-state index is 0.238. The molecule has 5 heteroatoms. The van der Waals surface area contributed by atoms with Gasteiger partial charge in [0.2, 0.25) is 0 Å². The van der Waals surface area contributed by atoms with E-state index in [0.29, 0.717) is 12.1 Å². The number of hydrogen-bond acceptors (Lipinski definition) is 5. The Morgan fingerprint density at radius 1 is 1.05 bits per heavy atom. The molecule has 0 aliphatic carbocycles. The third-order valence-electron chi connectivity index (χ3n) is 5.02. The smallest absolute Gasteiger partial charge is 0.0623 e. The van der Waals surface area contributed by atoms with Gasteiger partial charge in [-0.25, -0.2) is 0 Å². The van der Waals surface area contributed by atoms with Crippen LogP contribution in [-0.4, -0.2) is 97.0 Å². The molecule has 2 aliphatic rings. The van der Waals surface area contributed by atoms with Gasteiger partial charge in [0, 0.05) is 44.8 Å². The van der Waals surface area contributed by atoms with Gasteiger partial charge in [-0.15, -0.1) is 0 Å². The Kier molecular flexibility index (Phi) is 7.57. The summed E-state index contributed by atoms with van der Waals surface area (Å²) < 4.78 is 5.57. The highest BCUT2D eigenvalue weighted by molar-refractivity contribution is 4.78. The lowest BCUT2D eigenvalue weighted by Crippen LogP contribution is -2.50. The summed E-state index contributed by atoms with van der Waals surface area (Å²) in [5.74, 6) is 0. The Bertz CT molecular complexity index is 304. The molecule has 0 spiro atoms. The van der Waals surface area contributed by atoms with Crippen molar-refractivity contribution in [2.75, 3.05) is 59.0 Å². The fraction of sp³-hybridized carbons (Fsp3) is 1.00. The first-order chi connectivity index (χ1) is 10.6. The van der Waals surface area contributed by atoms with E-state index in [0.717, 1.165) is 32.7 Å². The summed E-state index contributed by atoms with van der Waals surface area (Å²) in [6.07, 6.45) is 1.81. The van der Waals surface area contributed by atoms with Gasteiger partial charge in [0.1, 0.15) is 0 Å². The van der Waals surface area contributed by atoms with E-state index in [1.807, 2.05) is 6.92 Å². The van der Waals surface area contributed by atoms with Crippen LogP contribution in [0, 0.1) is 0 Å². The highest BCUT2D eigenvalue weighted by atomic mass is 16.5. The molecule has 2 aliphatic heterocycles. The number of aliphatic hydroxyl groups is 1. The maximum absolute atomic E-state index is 9.63. The first kappa shape index (κ1) is 18.1. The van der Waals surface area contributed by atoms with Crippen LogP contribution in [0.5, 0.6) is 0 Å². The second-order valence-corrected chi connectivity index (χ2v) is 7.17. The molecule has 0 aromatic rings. The minimum atomic E-state index is -0.238. The van der Waals surface area contributed by atoms with E-state index in [1.54, 1.807) is 0 Å². The Labute approximate surface area is 136 Å². The molecule has 2 saturated heterocycles. The summed E-state index contributed by atoms with van der Waals surface area (Å²) in [7, 11) is 0. The van der Waals surface area contributed by atoms with Crippen LogP contribution in [0.3, 0.4) is 0 Å². The van der Waals surface area contributed by atoms with E-state index >= 15 is 0 Å². The highest BCUT2D eigenvalue weighted by Gasteiger charge is 2.24. The maximum atomic E-state index is 9.63. The number of hydrogen-bond donors (Lipinski definition) is 1. The van der Waals surface area contributed by atoms with Crippen molar-refractivity contribution in [3.63, 3.8) is 0 Å². The molecule has 0 aromatic carbocycles. The third-order valence-corrected chi connectivity index (χ3v) is 5.02. The fourth-order valence-electron chi connectivity index (χ4n) is 3.60. The van der Waals surface area contributed by atoms with Crippen LogP contribution in [-0.2, 0) is 4.74 Å². The molecule has 1 N–H and O–H groups in total. The molecule has 130 valence electrons. The monoisotopic (exact) mass is 313 g/mol. The normalized spacial score (nSPS) is 27.4. The van der Waals surface area contributed by atoms with Crippen molar-refractivity contribution in [3.8, 4) is 0 Å². The number of piperazine rings is 1. The summed E-state index contributed by atoms with van der Waals surface area (Å²) in [5.41, 5.74) is 0. The van der Waals surface area contributed by atoms with Gasteiger partial charge in [0.15, 0.2) is 0 Å². The SMILES string of the molecule is CC(C)N1CCN(CCCN2CCOC[C@H]2C[C@H](C)O)CC1. The molecule has 2 fully saturated rings. The molecule has 5 nitrogen and oxygen atoms in total. The Hall–Kier alpha value is -0.200. The number of nitrogens with zero attached hydrogens (tertiary/aromatic N) is 3. The van der Waals surface area contributed by atoms with Gasteiger partial charge in [-0.1, -0.05) is 0 Å². The maximum Gasteiger partial charge on any atom is 0.0623 e. The van der Waals surface area contributed by atoms with Gasteiger partial charge in [-0.2, -0.15) is 0 Å². The van der Waals surface area contributed by atoms with Crippen molar-refractivity contribution < 1.29 is 9.84 Å². The van der Waals surface area contributed by atoms with Gasteiger partial charge < -0.3 is 14.7 Å². The standard InChI is InChI=1S/C17H35N3O2/c1-15(2)19-9-7-18(8-10-19)5-4-6-20-11-12-22-14-17(20)13-16(3)21/h15-17,21H,4-14H2,1-3H3/t16-,17+/m0/s1. The Morgan fingerprint density at radius 2 is 1.77 bits per heavy atom. The van der Waals surface area contributed by atoms with Gasteiger partial charge in [-0.05, 0) is 46.7 Å². The van der Waals surface area contributed by atoms with Crippen molar-refractivity contribution >= 4 is 0 Å². The average Bonchev–Trinajstić information content (AvgIpc) is 2.49. The Balaban J connectivity index is 1.65. The van der Waals surface area contributed by atoms with Gasteiger partial charge in [-0.3, -0.25) is 9.80 Å². The molecule has 0 aromatic heterocycles. The lowest BCUT2D eigenvalue weighted by molar-refractivity contribution is -0.0253. The van der Waals surface area contributed by atoms with Crippen LogP contribution < -0.4 is 0 Å². The molecule has 2 heterocycles. The van der Waals surface area contributed by atoms with E-state index in [1.165, 1.54) is 39.1 Å². The summed E-state index contributed by atoms with van der Waals surface area (Å²) >= 11 is 0. The van der Waals surface area contributed by atoms with E-state index in [2.05, 4.69) is 28.5 Å². The van der Waals surface area contributed by atoms with Gasteiger partial charge >= 0.3 is 0 Å². The fourth-order valence-corrected chi connectivity index (χ4v) is 3.60. The lowest BCUT2D eigenvalue weighted by Gasteiger charge is -2.38. The van der Waals surface area contributed by atoms with Crippen molar-refractivity contribution in [3.05, 3.63) is 0 Å². The zero-order valence-electron chi connectivity index (χ0n) is 14.7. The van der Waals surface area contributed by atoms with Crippen LogP contribution in [0.1, 0.15) is 33.6 Å². The first-order valence-corrected chi connectivity index (χ1v) is 9.02. The predicted molar refractivity (Wildman–Crippen MR) is 90.2 cm³/mol. The lowest BCUT2D eigenvalue weighted by atomic mass is 10.1. The highest BCUT2D eigenvalue weighted by Crippen LogP contribution is 2.14. The van der Waals surface area contributed by atoms with E-state index < -0.39 is 0 Å². The molecular weight excluding hydrogens is 278 g/mol. The average molecular weight is 313 g/mol. The van der Waals surface area contributed by atoms with E-state index in [4.69, 9.17) is 4.74 Å². The van der Waals surface area contributed by atoms with Crippen LogP contribution >= 0.6 is 0 Å². The topological polar surface area (TPSA) is 39.2 Å². The molecule has 0 amide bonds. The van der Waals surface area contributed by atoms with Crippen molar-refractivity contribution in [2.24, 2.45) is 0 Å². The van der Waals surface area contributed by atoms with Crippen molar-refractivity contribution in [1.29, 1.82) is 0 Å². The second kappa shape index (κ2) is 9.18. The molecular formula is C17H35N3O2. The van der Waals surface area contributed by atoms with E-state index in [9.17, 15) is 5.11 Å². The first-order valence-electron chi connectivity index (χ1n) is 9.02. The molecule has 0 radical (unpaired) electrons. The van der Waals surface area contributed by atoms with Crippen LogP contribution in [0.2, 0.25) is 0 Å². The van der Waals surface area contributed by atoms with Gasteiger partial charge in [0.25, 0.3) is 0 Å². The van der Waals surface area contributed by atoms with Crippen LogP contribution in [0.15, 0.2) is 0 Å². The van der Waals surface area contributed by atoms with Crippen LogP contribution in [0.4, 0.5) is 0 Å². The van der Waals surface area contributed by atoms with Gasteiger partial charge in [0.05, 0.1) is 19.3 Å². The third kappa shape index (κ3) is 5.78. The number of morpholine rings is 1. The number of rotatable bonds is 7. The molecule has 0 unspecified atom stereocenters. The largest absolute Gasteiger partial charge is 0.393 e. The summed E-state index contributed by atoms with van der Waals surface area (Å²) in [6, 6.07) is 1.07. The molecule has 2 atom stereocenters. The van der Waals surface area contributed by atoms with Crippen LogP contribution in [0.25, 0.3) is 0 Å². The van der Waals surface area contributed by atoms with Crippen molar-refractivity contribution in [1.82, 2.24) is 14.7 Å². The quantitative estimate of drug-likeness (QED) is 0.755. The summed E-state index contributed by atoms with van der Waals surface area (Å²) in [4.78, 5) is 7.68. The summed E-state index contributed by atoms with van der Waals surface area (Å²) in [5, 5.41) is 9.63. The zero-order chi connectivity index (χ0) is 15.9. The number of aliphatic hydroxyl groups excluding tert-OH is 1. The molecule has 22 heavy (non-hydrogen) atoms. The molecule has 2 rings (SSSR count). The summed E-state index contributed by atoms with van der Waals surface area (Å²) in [6.45, 7) is 16.2. The zero-order valence-corrected chi connectivity index (χ0v) is 14.7. The molecule has 0 saturated carbocycles. The van der Waals surface area contributed by atoms with E-state index in [-0.39, 0.29) is 6.10 Å². The second-order valence-electron chi connectivity index (χ2n) is 7.17. The predicted octanol–water partition coefficient (Wildman–Crippen LogP) is 0.874. The minimum Gasteiger partial charge on any atom is -0.393 e. The number of ether oxygens (including phenoxy) is 1. The molecule has 0 bridgehead atoms.